The van der Waals surface area contributed by atoms with E-state index in [4.69, 9.17) is 0 Å². The van der Waals surface area contributed by atoms with Crippen LogP contribution in [0.5, 0.6) is 0 Å². The summed E-state index contributed by atoms with van der Waals surface area (Å²) < 4.78 is 0. The Labute approximate surface area is 111 Å². The Kier molecular flexibility index (Phi) is 4.13. The van der Waals surface area contributed by atoms with Crippen molar-refractivity contribution < 1.29 is 0 Å². The Morgan fingerprint density at radius 1 is 1.35 bits per heavy atom. The van der Waals surface area contributed by atoms with E-state index in [2.05, 4.69) is 64.1 Å². The molecular formula is C14H17BrN2. The van der Waals surface area contributed by atoms with Crippen LogP contribution in [0, 0.1) is 0 Å². The number of nitrogens with zero attached hydrogens (tertiary/aromatic N) is 2. The van der Waals surface area contributed by atoms with Gasteiger partial charge in [-0.2, -0.15) is 0 Å². The van der Waals surface area contributed by atoms with E-state index in [-0.39, 0.29) is 0 Å². The van der Waals surface area contributed by atoms with Gasteiger partial charge in [0.15, 0.2) is 0 Å². The summed E-state index contributed by atoms with van der Waals surface area (Å²) >= 11 is 3.58. The van der Waals surface area contributed by atoms with E-state index in [1.165, 1.54) is 10.9 Å². The molecule has 1 heterocycles. The van der Waals surface area contributed by atoms with Gasteiger partial charge in [0.25, 0.3) is 0 Å². The third-order valence-electron chi connectivity index (χ3n) is 2.68. The van der Waals surface area contributed by atoms with Crippen molar-refractivity contribution in [2.75, 3.05) is 13.6 Å². The van der Waals surface area contributed by atoms with Gasteiger partial charge in [-0.05, 0) is 30.8 Å². The van der Waals surface area contributed by atoms with Crippen LogP contribution in [0.2, 0.25) is 0 Å². The van der Waals surface area contributed by atoms with Gasteiger partial charge in [-0.15, -0.1) is 0 Å². The van der Waals surface area contributed by atoms with Gasteiger partial charge < -0.3 is 4.90 Å². The van der Waals surface area contributed by atoms with Gasteiger partial charge in [-0.3, -0.25) is 4.98 Å². The summed E-state index contributed by atoms with van der Waals surface area (Å²) in [6, 6.07) is 10.6. The molecular weight excluding hydrogens is 276 g/mol. The highest BCUT2D eigenvalue weighted by Gasteiger charge is 2.04. The summed E-state index contributed by atoms with van der Waals surface area (Å²) in [6.07, 6.45) is 1.83. The summed E-state index contributed by atoms with van der Waals surface area (Å²) in [4.78, 5) is 7.17. The normalized spacial score (nSPS) is 13.2. The molecule has 0 radical (unpaired) electrons. The van der Waals surface area contributed by atoms with Gasteiger partial charge in [0.2, 0.25) is 0 Å². The molecule has 17 heavy (non-hydrogen) atoms. The zero-order valence-electron chi connectivity index (χ0n) is 10.2. The van der Waals surface area contributed by atoms with Gasteiger partial charge in [-0.1, -0.05) is 35.0 Å². The molecule has 0 aliphatic rings. The van der Waals surface area contributed by atoms with Crippen molar-refractivity contribution >= 4 is 26.8 Å². The van der Waals surface area contributed by atoms with Crippen molar-refractivity contribution in [3.8, 4) is 0 Å². The van der Waals surface area contributed by atoms with Crippen LogP contribution in [-0.2, 0) is 6.54 Å². The number of rotatable bonds is 4. The number of benzene rings is 1. The van der Waals surface area contributed by atoms with Crippen LogP contribution in [-0.4, -0.2) is 28.3 Å². The lowest BCUT2D eigenvalue weighted by Crippen LogP contribution is -2.23. The van der Waals surface area contributed by atoms with Gasteiger partial charge >= 0.3 is 0 Å². The molecule has 3 heteroatoms. The molecule has 1 aromatic heterocycles. The Bertz CT molecular complexity index is 496. The summed E-state index contributed by atoms with van der Waals surface area (Å²) in [5.41, 5.74) is 2.40. The molecule has 2 rings (SSSR count). The molecule has 0 aliphatic carbocycles. The predicted octanol–water partition coefficient (Wildman–Crippen LogP) is 3.45. The monoisotopic (exact) mass is 292 g/mol. The minimum absolute atomic E-state index is 0.523. The fourth-order valence-electron chi connectivity index (χ4n) is 2.03. The van der Waals surface area contributed by atoms with Crippen LogP contribution >= 0.6 is 15.9 Å². The fraction of sp³-hybridized carbons (Fsp3) is 0.357. The zero-order chi connectivity index (χ0) is 12.3. The highest BCUT2D eigenvalue weighted by atomic mass is 79.9. The molecule has 1 unspecified atom stereocenters. The molecule has 2 aromatic rings. The number of hydrogen-bond donors (Lipinski definition) is 0. The average molecular weight is 293 g/mol. The van der Waals surface area contributed by atoms with Crippen molar-refractivity contribution in [1.82, 2.24) is 9.88 Å². The van der Waals surface area contributed by atoms with Gasteiger partial charge in [0.05, 0.1) is 5.52 Å². The first-order valence-corrected chi connectivity index (χ1v) is 6.73. The van der Waals surface area contributed by atoms with Crippen molar-refractivity contribution in [2.24, 2.45) is 0 Å². The maximum Gasteiger partial charge on any atom is 0.0702 e. The van der Waals surface area contributed by atoms with Crippen LogP contribution in [0.3, 0.4) is 0 Å². The van der Waals surface area contributed by atoms with E-state index in [1.807, 2.05) is 12.3 Å². The SMILES string of the molecule is CC(Br)CN(C)Cc1ccc2ncccc2c1. The van der Waals surface area contributed by atoms with Gasteiger partial charge in [0.1, 0.15) is 0 Å². The molecule has 0 N–H and O–H groups in total. The molecule has 0 saturated carbocycles. The molecule has 90 valence electrons. The number of pyridine rings is 1. The minimum atomic E-state index is 0.523. The maximum atomic E-state index is 4.33. The van der Waals surface area contributed by atoms with E-state index in [0.29, 0.717) is 4.83 Å². The van der Waals surface area contributed by atoms with Crippen LogP contribution in [0.25, 0.3) is 10.9 Å². The van der Waals surface area contributed by atoms with Gasteiger partial charge in [0, 0.05) is 29.5 Å². The molecule has 0 spiro atoms. The first kappa shape index (κ1) is 12.5. The summed E-state index contributed by atoms with van der Waals surface area (Å²) in [5.74, 6) is 0. The Morgan fingerprint density at radius 2 is 2.18 bits per heavy atom. The second-order valence-electron chi connectivity index (χ2n) is 4.51. The predicted molar refractivity (Wildman–Crippen MR) is 76.5 cm³/mol. The summed E-state index contributed by atoms with van der Waals surface area (Å²) in [5, 5.41) is 1.21. The van der Waals surface area contributed by atoms with Crippen LogP contribution < -0.4 is 0 Å². The first-order valence-electron chi connectivity index (χ1n) is 5.81. The third-order valence-corrected chi connectivity index (χ3v) is 2.97. The number of hydrogen-bond acceptors (Lipinski definition) is 2. The van der Waals surface area contributed by atoms with E-state index in [1.54, 1.807) is 0 Å². The van der Waals surface area contributed by atoms with E-state index >= 15 is 0 Å². The highest BCUT2D eigenvalue weighted by molar-refractivity contribution is 9.09. The van der Waals surface area contributed by atoms with E-state index in [9.17, 15) is 0 Å². The molecule has 0 aliphatic heterocycles. The lowest BCUT2D eigenvalue weighted by molar-refractivity contribution is 0.333. The topological polar surface area (TPSA) is 16.1 Å². The largest absolute Gasteiger partial charge is 0.301 e. The molecule has 1 aromatic carbocycles. The lowest BCUT2D eigenvalue weighted by Gasteiger charge is -2.18. The average Bonchev–Trinajstić information content (AvgIpc) is 2.27. The second kappa shape index (κ2) is 5.61. The molecule has 0 saturated heterocycles. The number of alkyl halides is 1. The minimum Gasteiger partial charge on any atom is -0.301 e. The second-order valence-corrected chi connectivity index (χ2v) is 6.07. The molecule has 2 nitrogen and oxygen atoms in total. The molecule has 0 fully saturated rings. The van der Waals surface area contributed by atoms with E-state index in [0.717, 1.165) is 18.6 Å². The van der Waals surface area contributed by atoms with Gasteiger partial charge in [-0.25, -0.2) is 0 Å². The smallest absolute Gasteiger partial charge is 0.0702 e. The maximum absolute atomic E-state index is 4.33. The van der Waals surface area contributed by atoms with Crippen molar-refractivity contribution in [3.63, 3.8) is 0 Å². The molecule has 1 atom stereocenters. The Balaban J connectivity index is 2.14. The summed E-state index contributed by atoms with van der Waals surface area (Å²) in [6.45, 7) is 4.19. The Morgan fingerprint density at radius 3 is 2.94 bits per heavy atom. The molecule has 0 bridgehead atoms. The lowest BCUT2D eigenvalue weighted by atomic mass is 10.1. The van der Waals surface area contributed by atoms with Crippen LogP contribution in [0.15, 0.2) is 36.5 Å². The molecule has 0 amide bonds. The third kappa shape index (κ3) is 3.51. The number of aromatic nitrogens is 1. The van der Waals surface area contributed by atoms with Crippen molar-refractivity contribution in [1.29, 1.82) is 0 Å². The van der Waals surface area contributed by atoms with Crippen molar-refractivity contribution in [3.05, 3.63) is 42.1 Å². The quantitative estimate of drug-likeness (QED) is 0.803. The number of halogens is 1. The number of fused-ring (bicyclic) bond motifs is 1. The van der Waals surface area contributed by atoms with Crippen molar-refractivity contribution in [2.45, 2.75) is 18.3 Å². The summed E-state index contributed by atoms with van der Waals surface area (Å²) in [7, 11) is 2.14. The highest BCUT2D eigenvalue weighted by Crippen LogP contribution is 2.14. The Hall–Kier alpha value is -0.930. The zero-order valence-corrected chi connectivity index (χ0v) is 11.8. The first-order chi connectivity index (χ1) is 8.15. The van der Waals surface area contributed by atoms with E-state index < -0.39 is 0 Å². The standard InChI is InChI=1S/C14H17BrN2/c1-11(15)9-17(2)10-12-5-6-14-13(8-12)4-3-7-16-14/h3-8,11H,9-10H2,1-2H3. The van der Waals surface area contributed by atoms with Crippen LogP contribution in [0.1, 0.15) is 12.5 Å². The fourth-order valence-corrected chi connectivity index (χ4v) is 2.52. The van der Waals surface area contributed by atoms with Crippen LogP contribution in [0.4, 0.5) is 0 Å².